The third kappa shape index (κ3) is 4.96. The summed E-state index contributed by atoms with van der Waals surface area (Å²) in [5.74, 6) is 0.468. The summed E-state index contributed by atoms with van der Waals surface area (Å²) in [7, 11) is 2.92. The van der Waals surface area contributed by atoms with Crippen molar-refractivity contribution in [1.82, 2.24) is 15.1 Å². The standard InChI is InChI=1S/C22H29N3O4/c1-22(2,3)25-19(15-6-7-15)12-18(24-25)21(27)23-17(13-20(26)29-5)14-8-10-16(28-4)11-9-14/h8-12,15,17H,6-7,13H2,1-5H3,(H,23,27). The molecule has 0 radical (unpaired) electrons. The van der Waals surface area contributed by atoms with Crippen LogP contribution in [-0.2, 0) is 15.1 Å². The van der Waals surface area contributed by atoms with E-state index in [9.17, 15) is 9.59 Å². The molecule has 1 saturated carbocycles. The quantitative estimate of drug-likeness (QED) is 0.720. The van der Waals surface area contributed by atoms with Crippen molar-refractivity contribution in [3.63, 3.8) is 0 Å². The number of carbonyl (C=O) groups excluding carboxylic acids is 2. The average molecular weight is 399 g/mol. The smallest absolute Gasteiger partial charge is 0.307 e. The van der Waals surface area contributed by atoms with Crippen molar-refractivity contribution in [3.05, 3.63) is 47.3 Å². The summed E-state index contributed by atoms with van der Waals surface area (Å²) in [6.45, 7) is 6.22. The van der Waals surface area contributed by atoms with E-state index in [2.05, 4.69) is 31.2 Å². The van der Waals surface area contributed by atoms with Crippen LogP contribution in [0.15, 0.2) is 30.3 Å². The van der Waals surface area contributed by atoms with Gasteiger partial charge in [-0.2, -0.15) is 5.10 Å². The Morgan fingerprint density at radius 1 is 1.21 bits per heavy atom. The van der Waals surface area contributed by atoms with Crippen molar-refractivity contribution in [1.29, 1.82) is 0 Å². The van der Waals surface area contributed by atoms with Crippen LogP contribution in [0.4, 0.5) is 0 Å². The van der Waals surface area contributed by atoms with E-state index in [0.717, 1.165) is 24.1 Å². The van der Waals surface area contributed by atoms with Gasteiger partial charge in [-0.1, -0.05) is 12.1 Å². The molecule has 1 fully saturated rings. The van der Waals surface area contributed by atoms with Crippen molar-refractivity contribution in [3.8, 4) is 5.75 Å². The topological polar surface area (TPSA) is 82.5 Å². The lowest BCUT2D eigenvalue weighted by atomic mass is 10.0. The Balaban J connectivity index is 1.85. The summed E-state index contributed by atoms with van der Waals surface area (Å²) in [5, 5.41) is 7.53. The second-order valence-electron chi connectivity index (χ2n) is 8.39. The SMILES string of the molecule is COC(=O)CC(NC(=O)c1cc(C2CC2)n(C(C)(C)C)n1)c1ccc(OC)cc1. The molecular weight excluding hydrogens is 370 g/mol. The molecule has 7 nitrogen and oxygen atoms in total. The molecule has 1 aliphatic carbocycles. The molecule has 29 heavy (non-hydrogen) atoms. The first-order valence-electron chi connectivity index (χ1n) is 9.85. The Hall–Kier alpha value is -2.83. The minimum atomic E-state index is -0.523. The van der Waals surface area contributed by atoms with Gasteiger partial charge in [-0.25, -0.2) is 0 Å². The van der Waals surface area contributed by atoms with Crippen LogP contribution in [0, 0.1) is 0 Å². The molecule has 0 saturated heterocycles. The number of aromatic nitrogens is 2. The Bertz CT molecular complexity index is 876. The van der Waals surface area contributed by atoms with Crippen molar-refractivity contribution in [2.24, 2.45) is 0 Å². The molecule has 3 rings (SSSR count). The van der Waals surface area contributed by atoms with Crippen LogP contribution in [0.3, 0.4) is 0 Å². The van der Waals surface area contributed by atoms with Gasteiger partial charge in [-0.15, -0.1) is 0 Å². The van der Waals surface area contributed by atoms with Crippen LogP contribution in [0.25, 0.3) is 0 Å². The fourth-order valence-corrected chi connectivity index (χ4v) is 3.28. The number of ether oxygens (including phenoxy) is 2. The van der Waals surface area contributed by atoms with E-state index < -0.39 is 12.0 Å². The van der Waals surface area contributed by atoms with Crippen LogP contribution in [0.1, 0.15) is 73.7 Å². The Labute approximate surface area is 171 Å². The largest absolute Gasteiger partial charge is 0.497 e. The molecule has 1 aliphatic rings. The molecular formula is C22H29N3O4. The van der Waals surface area contributed by atoms with Crippen molar-refractivity contribution in [2.75, 3.05) is 14.2 Å². The fourth-order valence-electron chi connectivity index (χ4n) is 3.28. The van der Waals surface area contributed by atoms with E-state index in [4.69, 9.17) is 9.47 Å². The highest BCUT2D eigenvalue weighted by Crippen LogP contribution is 2.41. The van der Waals surface area contributed by atoms with E-state index in [1.165, 1.54) is 7.11 Å². The molecule has 1 amide bonds. The molecule has 1 aromatic heterocycles. The van der Waals surface area contributed by atoms with Crippen molar-refractivity contribution < 1.29 is 19.1 Å². The number of esters is 1. The van der Waals surface area contributed by atoms with Gasteiger partial charge in [0, 0.05) is 11.6 Å². The van der Waals surface area contributed by atoms with E-state index in [1.807, 2.05) is 22.9 Å². The summed E-state index contributed by atoms with van der Waals surface area (Å²) >= 11 is 0. The molecule has 1 unspecified atom stereocenters. The average Bonchev–Trinajstić information content (AvgIpc) is 3.43. The van der Waals surface area contributed by atoms with E-state index in [0.29, 0.717) is 17.4 Å². The molecule has 7 heteroatoms. The number of benzene rings is 1. The summed E-state index contributed by atoms with van der Waals surface area (Å²) < 4.78 is 11.9. The second-order valence-corrected chi connectivity index (χ2v) is 8.39. The molecule has 0 aliphatic heterocycles. The third-order valence-electron chi connectivity index (χ3n) is 5.02. The third-order valence-corrected chi connectivity index (χ3v) is 5.02. The minimum Gasteiger partial charge on any atom is -0.497 e. The number of carbonyl (C=O) groups is 2. The highest BCUT2D eigenvalue weighted by Gasteiger charge is 2.33. The number of nitrogens with zero attached hydrogens (tertiary/aromatic N) is 2. The highest BCUT2D eigenvalue weighted by molar-refractivity contribution is 5.93. The van der Waals surface area contributed by atoms with E-state index in [-0.39, 0.29) is 17.9 Å². The maximum atomic E-state index is 13.0. The maximum absolute atomic E-state index is 13.0. The second kappa shape index (κ2) is 8.27. The zero-order chi connectivity index (χ0) is 21.2. The summed E-state index contributed by atoms with van der Waals surface area (Å²) in [5.41, 5.74) is 2.04. The maximum Gasteiger partial charge on any atom is 0.307 e. The monoisotopic (exact) mass is 399 g/mol. The van der Waals surface area contributed by atoms with Crippen molar-refractivity contribution >= 4 is 11.9 Å². The van der Waals surface area contributed by atoms with E-state index >= 15 is 0 Å². The number of hydrogen-bond acceptors (Lipinski definition) is 5. The number of amides is 1. The van der Waals surface area contributed by atoms with Gasteiger partial charge in [0.15, 0.2) is 0 Å². The molecule has 0 bridgehead atoms. The lowest BCUT2D eigenvalue weighted by Gasteiger charge is -2.22. The minimum absolute atomic E-state index is 0.0318. The van der Waals surface area contributed by atoms with Gasteiger partial charge in [0.05, 0.1) is 32.2 Å². The molecule has 2 aromatic rings. The predicted octanol–water partition coefficient (Wildman–Crippen LogP) is 3.56. The number of methoxy groups -OCH3 is 2. The normalized spacial score (nSPS) is 14.9. The molecule has 0 spiro atoms. The fraction of sp³-hybridized carbons (Fsp3) is 0.500. The van der Waals surface area contributed by atoms with Crippen LogP contribution < -0.4 is 10.1 Å². The van der Waals surface area contributed by atoms with Crippen LogP contribution in [-0.4, -0.2) is 35.9 Å². The number of rotatable bonds is 7. The van der Waals surface area contributed by atoms with Crippen LogP contribution in [0.2, 0.25) is 0 Å². The Morgan fingerprint density at radius 2 is 1.86 bits per heavy atom. The molecule has 1 atom stereocenters. The van der Waals surface area contributed by atoms with Gasteiger partial charge in [-0.05, 0) is 57.4 Å². The van der Waals surface area contributed by atoms with Gasteiger partial charge in [0.2, 0.25) is 0 Å². The molecule has 1 aromatic carbocycles. The summed E-state index contributed by atoms with van der Waals surface area (Å²) in [6.07, 6.45) is 2.28. The first-order chi connectivity index (χ1) is 13.7. The zero-order valence-corrected chi connectivity index (χ0v) is 17.7. The number of nitrogens with one attached hydrogen (secondary N) is 1. The Kier molecular flexibility index (Phi) is 5.96. The predicted molar refractivity (Wildman–Crippen MR) is 109 cm³/mol. The van der Waals surface area contributed by atoms with Gasteiger partial charge in [-0.3, -0.25) is 14.3 Å². The first kappa shape index (κ1) is 20.9. The van der Waals surface area contributed by atoms with Gasteiger partial charge >= 0.3 is 5.97 Å². The number of hydrogen-bond donors (Lipinski definition) is 1. The van der Waals surface area contributed by atoms with Crippen molar-refractivity contribution in [2.45, 2.75) is 57.5 Å². The first-order valence-corrected chi connectivity index (χ1v) is 9.85. The van der Waals surface area contributed by atoms with Crippen LogP contribution >= 0.6 is 0 Å². The highest BCUT2D eigenvalue weighted by atomic mass is 16.5. The van der Waals surface area contributed by atoms with Gasteiger partial charge in [0.1, 0.15) is 11.4 Å². The lowest BCUT2D eigenvalue weighted by molar-refractivity contribution is -0.141. The molecule has 1 heterocycles. The van der Waals surface area contributed by atoms with Gasteiger partial charge in [0.25, 0.3) is 5.91 Å². The Morgan fingerprint density at radius 3 is 2.38 bits per heavy atom. The summed E-state index contributed by atoms with van der Waals surface area (Å²) in [4.78, 5) is 24.9. The summed E-state index contributed by atoms with van der Waals surface area (Å²) in [6, 6.07) is 8.61. The molecule has 156 valence electrons. The zero-order valence-electron chi connectivity index (χ0n) is 17.7. The lowest BCUT2D eigenvalue weighted by Crippen LogP contribution is -2.31. The van der Waals surface area contributed by atoms with Gasteiger partial charge < -0.3 is 14.8 Å². The van der Waals surface area contributed by atoms with Crippen LogP contribution in [0.5, 0.6) is 5.75 Å². The van der Waals surface area contributed by atoms with E-state index in [1.54, 1.807) is 19.2 Å². The molecule has 1 N–H and O–H groups in total.